The minimum absolute atomic E-state index is 0.0644. The molecule has 0 saturated heterocycles. The average Bonchev–Trinajstić information content (AvgIpc) is 2.31. The number of hydrogen-bond acceptors (Lipinski definition) is 2. The van der Waals surface area contributed by atoms with Crippen LogP contribution in [0.25, 0.3) is 0 Å². The molecular formula is C14H10BrF2NO. The molecule has 0 saturated carbocycles. The highest BCUT2D eigenvalue weighted by Crippen LogP contribution is 2.21. The van der Waals surface area contributed by atoms with E-state index in [1.807, 2.05) is 0 Å². The Bertz CT molecular complexity index is 623. The first-order chi connectivity index (χ1) is 8.95. The zero-order valence-corrected chi connectivity index (χ0v) is 11.4. The topological polar surface area (TPSA) is 43.1 Å². The molecule has 0 fully saturated rings. The lowest BCUT2D eigenvalue weighted by atomic mass is 10.0. The van der Waals surface area contributed by atoms with E-state index in [9.17, 15) is 13.6 Å². The van der Waals surface area contributed by atoms with Gasteiger partial charge in [0.05, 0.1) is 0 Å². The molecule has 2 nitrogen and oxygen atoms in total. The average molecular weight is 326 g/mol. The number of ketones is 1. The van der Waals surface area contributed by atoms with Gasteiger partial charge in [0.25, 0.3) is 0 Å². The number of carbonyl (C=O) groups is 1. The summed E-state index contributed by atoms with van der Waals surface area (Å²) in [5.74, 6) is -1.62. The van der Waals surface area contributed by atoms with Crippen LogP contribution in [0.1, 0.15) is 15.9 Å². The van der Waals surface area contributed by atoms with Crippen LogP contribution in [0.3, 0.4) is 0 Å². The zero-order valence-electron chi connectivity index (χ0n) is 9.79. The third-order valence-corrected chi connectivity index (χ3v) is 3.30. The number of hydrogen-bond donors (Lipinski definition) is 1. The van der Waals surface area contributed by atoms with Crippen LogP contribution in [0, 0.1) is 11.6 Å². The Hall–Kier alpha value is -1.75. The number of carbonyl (C=O) groups excluding carboxylic acids is 1. The molecule has 0 atom stereocenters. The first kappa shape index (κ1) is 13.7. The first-order valence-electron chi connectivity index (χ1n) is 5.49. The van der Waals surface area contributed by atoms with Gasteiger partial charge in [0.2, 0.25) is 0 Å². The molecule has 0 radical (unpaired) electrons. The predicted molar refractivity (Wildman–Crippen MR) is 72.9 cm³/mol. The summed E-state index contributed by atoms with van der Waals surface area (Å²) in [7, 11) is 0. The summed E-state index contributed by atoms with van der Waals surface area (Å²) in [6, 6.07) is 7.84. The summed E-state index contributed by atoms with van der Waals surface area (Å²) in [6.07, 6.45) is -0.0644. The van der Waals surface area contributed by atoms with Gasteiger partial charge in [-0.25, -0.2) is 8.78 Å². The van der Waals surface area contributed by atoms with Crippen LogP contribution in [0.15, 0.2) is 40.9 Å². The number of rotatable bonds is 3. The molecule has 0 spiro atoms. The second-order valence-corrected chi connectivity index (χ2v) is 4.97. The smallest absolute Gasteiger partial charge is 0.167 e. The van der Waals surface area contributed by atoms with Crippen molar-refractivity contribution in [2.45, 2.75) is 6.42 Å². The van der Waals surface area contributed by atoms with Gasteiger partial charge >= 0.3 is 0 Å². The molecule has 0 aliphatic heterocycles. The van der Waals surface area contributed by atoms with Crippen molar-refractivity contribution in [1.29, 1.82) is 0 Å². The Morgan fingerprint density at radius 2 is 1.74 bits per heavy atom. The van der Waals surface area contributed by atoms with E-state index in [2.05, 4.69) is 15.9 Å². The number of nitrogens with two attached hydrogens (primary N) is 1. The van der Waals surface area contributed by atoms with Crippen molar-refractivity contribution in [3.63, 3.8) is 0 Å². The number of halogens is 3. The largest absolute Gasteiger partial charge is 0.398 e. The fraction of sp³-hybridized carbons (Fsp3) is 0.0714. The third-order valence-electron chi connectivity index (χ3n) is 2.61. The van der Waals surface area contributed by atoms with Gasteiger partial charge < -0.3 is 5.73 Å². The number of anilines is 1. The van der Waals surface area contributed by atoms with Crippen molar-refractivity contribution in [2.24, 2.45) is 0 Å². The van der Waals surface area contributed by atoms with Crippen LogP contribution < -0.4 is 5.73 Å². The lowest BCUT2D eigenvalue weighted by Crippen LogP contribution is -2.05. The van der Waals surface area contributed by atoms with Gasteiger partial charge in [-0.1, -0.05) is 0 Å². The summed E-state index contributed by atoms with van der Waals surface area (Å²) in [6.45, 7) is 0. The van der Waals surface area contributed by atoms with Crippen molar-refractivity contribution in [3.8, 4) is 0 Å². The van der Waals surface area contributed by atoms with E-state index in [-0.39, 0.29) is 12.2 Å². The van der Waals surface area contributed by atoms with Crippen molar-refractivity contribution >= 4 is 27.4 Å². The summed E-state index contributed by atoms with van der Waals surface area (Å²) in [4.78, 5) is 12.0. The van der Waals surface area contributed by atoms with E-state index in [1.165, 1.54) is 0 Å². The predicted octanol–water partition coefficient (Wildman–Crippen LogP) is 3.73. The summed E-state index contributed by atoms with van der Waals surface area (Å²) in [5, 5.41) is 0. The minimum atomic E-state index is -0.693. The molecule has 19 heavy (non-hydrogen) atoms. The van der Waals surface area contributed by atoms with Crippen LogP contribution in [0.4, 0.5) is 14.5 Å². The molecular weight excluding hydrogens is 316 g/mol. The fourth-order valence-corrected chi connectivity index (χ4v) is 2.08. The molecule has 2 N–H and O–H groups in total. The van der Waals surface area contributed by atoms with Gasteiger partial charge in [-0.2, -0.15) is 0 Å². The highest BCUT2D eigenvalue weighted by molar-refractivity contribution is 9.10. The monoisotopic (exact) mass is 325 g/mol. The van der Waals surface area contributed by atoms with Crippen LogP contribution in [0.2, 0.25) is 0 Å². The van der Waals surface area contributed by atoms with Gasteiger partial charge in [0.1, 0.15) is 11.6 Å². The maximum Gasteiger partial charge on any atom is 0.167 e. The van der Waals surface area contributed by atoms with Crippen LogP contribution in [-0.4, -0.2) is 5.78 Å². The number of nitrogen functional groups attached to an aromatic ring is 1. The molecule has 0 heterocycles. The molecule has 0 bridgehead atoms. The normalized spacial score (nSPS) is 10.5. The Kier molecular flexibility index (Phi) is 3.95. The lowest BCUT2D eigenvalue weighted by Gasteiger charge is -2.04. The van der Waals surface area contributed by atoms with E-state index in [1.54, 1.807) is 18.2 Å². The second-order valence-electron chi connectivity index (χ2n) is 4.11. The van der Waals surface area contributed by atoms with E-state index in [0.29, 0.717) is 21.3 Å². The highest BCUT2D eigenvalue weighted by Gasteiger charge is 2.10. The Balaban J connectivity index is 2.22. The van der Waals surface area contributed by atoms with E-state index in [4.69, 9.17) is 5.73 Å². The molecule has 2 aromatic rings. The molecule has 98 valence electrons. The summed E-state index contributed by atoms with van der Waals surface area (Å²) < 4.78 is 26.7. The second kappa shape index (κ2) is 5.48. The minimum Gasteiger partial charge on any atom is -0.398 e. The molecule has 2 aromatic carbocycles. The standard InChI is InChI=1S/C14H10BrF2NO/c15-12-6-9(1-2-13(12)18)14(19)5-8-3-10(16)7-11(17)4-8/h1-4,6-7H,5,18H2. The van der Waals surface area contributed by atoms with Crippen molar-refractivity contribution in [2.75, 3.05) is 5.73 Å². The molecule has 0 aliphatic rings. The first-order valence-corrected chi connectivity index (χ1v) is 6.28. The van der Waals surface area contributed by atoms with Crippen molar-refractivity contribution in [1.82, 2.24) is 0 Å². The zero-order chi connectivity index (χ0) is 14.0. The molecule has 0 amide bonds. The Morgan fingerprint density at radius 1 is 1.11 bits per heavy atom. The highest BCUT2D eigenvalue weighted by atomic mass is 79.9. The molecule has 0 aliphatic carbocycles. The summed E-state index contributed by atoms with van der Waals surface area (Å²) in [5.41, 5.74) is 6.88. The SMILES string of the molecule is Nc1ccc(C(=O)Cc2cc(F)cc(F)c2)cc1Br. The van der Waals surface area contributed by atoms with Gasteiger partial charge in [-0.05, 0) is 51.8 Å². The lowest BCUT2D eigenvalue weighted by molar-refractivity contribution is 0.0993. The fourth-order valence-electron chi connectivity index (χ4n) is 1.70. The number of Topliss-reactive ketones (excluding diaryl/α,β-unsaturated/α-hetero) is 1. The molecule has 0 unspecified atom stereocenters. The Morgan fingerprint density at radius 3 is 2.32 bits per heavy atom. The molecule has 0 aromatic heterocycles. The third kappa shape index (κ3) is 3.38. The van der Waals surface area contributed by atoms with Gasteiger partial charge in [-0.15, -0.1) is 0 Å². The van der Waals surface area contributed by atoms with Crippen molar-refractivity contribution < 1.29 is 13.6 Å². The van der Waals surface area contributed by atoms with E-state index < -0.39 is 11.6 Å². The van der Waals surface area contributed by atoms with E-state index in [0.717, 1.165) is 18.2 Å². The van der Waals surface area contributed by atoms with Gasteiger partial charge in [0.15, 0.2) is 5.78 Å². The van der Waals surface area contributed by atoms with Crippen LogP contribution in [-0.2, 0) is 6.42 Å². The maximum absolute atomic E-state index is 13.0. The molecule has 5 heteroatoms. The van der Waals surface area contributed by atoms with Crippen LogP contribution >= 0.6 is 15.9 Å². The number of benzene rings is 2. The Labute approximate surface area is 117 Å². The van der Waals surface area contributed by atoms with E-state index >= 15 is 0 Å². The van der Waals surface area contributed by atoms with Gasteiger partial charge in [-0.3, -0.25) is 4.79 Å². The summed E-state index contributed by atoms with van der Waals surface area (Å²) >= 11 is 3.23. The quantitative estimate of drug-likeness (QED) is 0.690. The maximum atomic E-state index is 13.0. The van der Waals surface area contributed by atoms with Crippen molar-refractivity contribution in [3.05, 3.63) is 63.6 Å². The molecule has 2 rings (SSSR count). The van der Waals surface area contributed by atoms with Gasteiger partial charge in [0, 0.05) is 28.2 Å². The van der Waals surface area contributed by atoms with Crippen LogP contribution in [0.5, 0.6) is 0 Å².